The molecule has 0 unspecified atom stereocenters. The van der Waals surface area contributed by atoms with Crippen molar-refractivity contribution < 1.29 is 0 Å². The number of hydrogen-bond donors (Lipinski definition) is 0. The molecule has 0 aliphatic heterocycles. The molecule has 0 saturated heterocycles. The SMILES string of the molecule is Cc1cc(-c2ccc(N(C)c3ncnc4cc(-c5cccc(C#N)c5)ccc34)cn2)ccn1. The largest absolute Gasteiger partial charge is 0.328 e. The standard InChI is InChI=1S/C27H20N6/c1-18-12-22(10-11-29-18)25-9-7-23(16-30-25)33(2)27-24-8-6-21(14-26(24)31-17-32-27)20-5-3-4-19(13-20)15-28/h3-14,16-17H,1-2H3. The van der Waals surface area contributed by atoms with Gasteiger partial charge in [-0.1, -0.05) is 18.2 Å². The molecule has 3 aromatic heterocycles. The van der Waals surface area contributed by atoms with E-state index in [1.54, 1.807) is 18.6 Å². The van der Waals surface area contributed by atoms with Crippen LogP contribution in [0, 0.1) is 18.3 Å². The Bertz CT molecular complexity index is 1500. The van der Waals surface area contributed by atoms with Crippen molar-refractivity contribution in [1.29, 1.82) is 5.26 Å². The Labute approximate surface area is 191 Å². The topological polar surface area (TPSA) is 78.6 Å². The lowest BCUT2D eigenvalue weighted by Gasteiger charge is -2.20. The smallest absolute Gasteiger partial charge is 0.144 e. The molecule has 0 amide bonds. The van der Waals surface area contributed by atoms with Crippen LogP contribution in [0.2, 0.25) is 0 Å². The summed E-state index contributed by atoms with van der Waals surface area (Å²) in [5.74, 6) is 0.798. The minimum absolute atomic E-state index is 0.633. The molecule has 0 bridgehead atoms. The third kappa shape index (κ3) is 4.00. The third-order valence-corrected chi connectivity index (χ3v) is 5.59. The maximum absolute atomic E-state index is 9.20. The molecule has 33 heavy (non-hydrogen) atoms. The number of aromatic nitrogens is 4. The fourth-order valence-corrected chi connectivity index (χ4v) is 3.84. The number of benzene rings is 2. The van der Waals surface area contributed by atoms with E-state index in [1.165, 1.54) is 0 Å². The first-order valence-corrected chi connectivity index (χ1v) is 10.5. The molecule has 3 heterocycles. The van der Waals surface area contributed by atoms with Crippen LogP contribution >= 0.6 is 0 Å². The number of rotatable bonds is 4. The van der Waals surface area contributed by atoms with Crippen LogP contribution in [-0.2, 0) is 0 Å². The van der Waals surface area contributed by atoms with Crippen molar-refractivity contribution in [1.82, 2.24) is 19.9 Å². The van der Waals surface area contributed by atoms with Crippen LogP contribution in [0.5, 0.6) is 0 Å². The Morgan fingerprint density at radius 1 is 0.818 bits per heavy atom. The van der Waals surface area contributed by atoms with Crippen LogP contribution in [-0.4, -0.2) is 27.0 Å². The van der Waals surface area contributed by atoms with Gasteiger partial charge in [0.05, 0.1) is 34.7 Å². The Morgan fingerprint density at radius 2 is 1.70 bits per heavy atom. The zero-order valence-electron chi connectivity index (χ0n) is 18.3. The summed E-state index contributed by atoms with van der Waals surface area (Å²) in [6.07, 6.45) is 5.22. The number of nitrogens with zero attached hydrogens (tertiary/aromatic N) is 6. The molecule has 0 saturated carbocycles. The highest BCUT2D eigenvalue weighted by molar-refractivity contribution is 5.93. The Balaban J connectivity index is 1.48. The van der Waals surface area contributed by atoms with Crippen molar-refractivity contribution in [2.75, 3.05) is 11.9 Å². The monoisotopic (exact) mass is 428 g/mol. The first-order valence-electron chi connectivity index (χ1n) is 10.5. The Kier molecular flexibility index (Phi) is 5.21. The molecule has 6 heteroatoms. The maximum atomic E-state index is 9.20. The normalized spacial score (nSPS) is 10.7. The van der Waals surface area contributed by atoms with Crippen molar-refractivity contribution in [3.05, 3.63) is 96.7 Å². The zero-order valence-corrected chi connectivity index (χ0v) is 18.3. The highest BCUT2D eigenvalue weighted by Crippen LogP contribution is 2.31. The minimum Gasteiger partial charge on any atom is -0.328 e. The van der Waals surface area contributed by atoms with Gasteiger partial charge in [-0.15, -0.1) is 0 Å². The van der Waals surface area contributed by atoms with Crippen LogP contribution in [0.4, 0.5) is 11.5 Å². The summed E-state index contributed by atoms with van der Waals surface area (Å²) < 4.78 is 0. The minimum atomic E-state index is 0.633. The van der Waals surface area contributed by atoms with Crippen molar-refractivity contribution in [2.24, 2.45) is 0 Å². The molecule has 0 radical (unpaired) electrons. The third-order valence-electron chi connectivity index (χ3n) is 5.59. The van der Waals surface area contributed by atoms with Gasteiger partial charge in [0.2, 0.25) is 0 Å². The highest BCUT2D eigenvalue weighted by Gasteiger charge is 2.12. The first-order chi connectivity index (χ1) is 16.1. The van der Waals surface area contributed by atoms with Gasteiger partial charge in [0.1, 0.15) is 12.1 Å². The number of hydrogen-bond acceptors (Lipinski definition) is 6. The number of aryl methyl sites for hydroxylation is 1. The molecule has 0 fully saturated rings. The second kappa shape index (κ2) is 8.48. The van der Waals surface area contributed by atoms with Crippen molar-refractivity contribution in [3.63, 3.8) is 0 Å². The second-order valence-electron chi connectivity index (χ2n) is 7.77. The lowest BCUT2D eigenvalue weighted by molar-refractivity contribution is 1.10. The van der Waals surface area contributed by atoms with E-state index in [2.05, 4.69) is 26.0 Å². The van der Waals surface area contributed by atoms with Gasteiger partial charge in [-0.05, 0) is 66.6 Å². The average molecular weight is 428 g/mol. The molecular weight excluding hydrogens is 408 g/mol. The number of fused-ring (bicyclic) bond motifs is 1. The first kappa shape index (κ1) is 20.3. The predicted octanol–water partition coefficient (Wildman–Crippen LogP) is 5.70. The van der Waals surface area contributed by atoms with E-state index in [9.17, 15) is 5.26 Å². The summed E-state index contributed by atoms with van der Waals surface area (Å²) in [4.78, 5) is 19.9. The molecule has 2 aromatic carbocycles. The van der Waals surface area contributed by atoms with Gasteiger partial charge in [0.15, 0.2) is 0 Å². The second-order valence-corrected chi connectivity index (χ2v) is 7.77. The Morgan fingerprint density at radius 3 is 2.48 bits per heavy atom. The van der Waals surface area contributed by atoms with Crippen LogP contribution in [0.15, 0.2) is 85.5 Å². The maximum Gasteiger partial charge on any atom is 0.144 e. The number of nitriles is 1. The van der Waals surface area contributed by atoms with Crippen LogP contribution in [0.25, 0.3) is 33.3 Å². The molecule has 5 rings (SSSR count). The molecule has 5 aromatic rings. The molecule has 0 N–H and O–H groups in total. The van der Waals surface area contributed by atoms with Crippen LogP contribution < -0.4 is 4.90 Å². The lowest BCUT2D eigenvalue weighted by atomic mass is 10.0. The summed E-state index contributed by atoms with van der Waals surface area (Å²) in [6.45, 7) is 1.97. The number of anilines is 2. The van der Waals surface area contributed by atoms with Gasteiger partial charge in [0.25, 0.3) is 0 Å². The fraction of sp³-hybridized carbons (Fsp3) is 0.0741. The summed E-state index contributed by atoms with van der Waals surface area (Å²) in [6, 6.07) is 23.9. The molecule has 158 valence electrons. The van der Waals surface area contributed by atoms with Crippen molar-refractivity contribution >= 4 is 22.4 Å². The van der Waals surface area contributed by atoms with E-state index in [4.69, 9.17) is 0 Å². The molecule has 0 aliphatic rings. The van der Waals surface area contributed by atoms with Crippen LogP contribution in [0.1, 0.15) is 11.3 Å². The number of pyridine rings is 2. The van der Waals surface area contributed by atoms with E-state index in [-0.39, 0.29) is 0 Å². The lowest BCUT2D eigenvalue weighted by Crippen LogP contribution is -2.12. The Hall–Kier alpha value is -4.63. The summed E-state index contributed by atoms with van der Waals surface area (Å²) in [5, 5.41) is 10.1. The summed E-state index contributed by atoms with van der Waals surface area (Å²) in [7, 11) is 1.97. The van der Waals surface area contributed by atoms with Gasteiger partial charge >= 0.3 is 0 Å². The van der Waals surface area contributed by atoms with Crippen molar-refractivity contribution in [2.45, 2.75) is 6.92 Å². The predicted molar refractivity (Wildman–Crippen MR) is 130 cm³/mol. The molecule has 0 atom stereocenters. The molecule has 0 aliphatic carbocycles. The highest BCUT2D eigenvalue weighted by atomic mass is 15.2. The summed E-state index contributed by atoms with van der Waals surface area (Å²) in [5.41, 5.74) is 7.28. The zero-order chi connectivity index (χ0) is 22.8. The van der Waals surface area contributed by atoms with Gasteiger partial charge in [-0.3, -0.25) is 9.97 Å². The van der Waals surface area contributed by atoms with E-state index >= 15 is 0 Å². The summed E-state index contributed by atoms with van der Waals surface area (Å²) >= 11 is 0. The van der Waals surface area contributed by atoms with Gasteiger partial charge in [-0.2, -0.15) is 5.26 Å². The fourth-order valence-electron chi connectivity index (χ4n) is 3.84. The molecule has 6 nitrogen and oxygen atoms in total. The van der Waals surface area contributed by atoms with Crippen LogP contribution in [0.3, 0.4) is 0 Å². The van der Waals surface area contributed by atoms with E-state index in [0.29, 0.717) is 5.56 Å². The average Bonchev–Trinajstić information content (AvgIpc) is 2.87. The molecular formula is C27H20N6. The van der Waals surface area contributed by atoms with Gasteiger partial charge in [0, 0.05) is 29.9 Å². The van der Waals surface area contributed by atoms with E-state index < -0.39 is 0 Å². The quantitative estimate of drug-likeness (QED) is 0.365. The van der Waals surface area contributed by atoms with E-state index in [0.717, 1.165) is 50.5 Å². The van der Waals surface area contributed by atoms with E-state index in [1.807, 2.05) is 85.7 Å². The molecule has 0 spiro atoms. The van der Waals surface area contributed by atoms with Gasteiger partial charge in [-0.25, -0.2) is 9.97 Å². The van der Waals surface area contributed by atoms with Crippen molar-refractivity contribution in [3.8, 4) is 28.5 Å². The van der Waals surface area contributed by atoms with Gasteiger partial charge < -0.3 is 4.90 Å².